The maximum atomic E-state index is 12.1. The van der Waals surface area contributed by atoms with Crippen molar-refractivity contribution in [3.05, 3.63) is 0 Å². The first-order chi connectivity index (χ1) is 9.61. The topological polar surface area (TPSA) is 88.1 Å². The number of carbonyl (C=O) groups excluding carboxylic acids is 1. The van der Waals surface area contributed by atoms with E-state index in [0.717, 1.165) is 19.4 Å². The molecule has 2 aliphatic heterocycles. The van der Waals surface area contributed by atoms with Crippen molar-refractivity contribution in [3.63, 3.8) is 0 Å². The highest BCUT2D eigenvalue weighted by atomic mass is 16.5. The molecule has 0 saturated carbocycles. The minimum Gasteiger partial charge on any atom is -0.481 e. The predicted octanol–water partition coefficient (Wildman–Crippen LogP) is 0.154. The Morgan fingerprint density at radius 1 is 1.35 bits per heavy atom. The second kappa shape index (κ2) is 6.90. The lowest BCUT2D eigenvalue weighted by atomic mass is 9.98. The molecule has 2 atom stereocenters. The third kappa shape index (κ3) is 3.61. The molecule has 0 spiro atoms. The fraction of sp³-hybridized carbons (Fsp3) is 0.846. The summed E-state index contributed by atoms with van der Waals surface area (Å²) in [7, 11) is 1.69. The van der Waals surface area contributed by atoms with Crippen molar-refractivity contribution in [2.45, 2.75) is 18.9 Å². The van der Waals surface area contributed by atoms with Crippen LogP contribution in [0.15, 0.2) is 0 Å². The van der Waals surface area contributed by atoms with Gasteiger partial charge in [0.25, 0.3) is 0 Å². The van der Waals surface area contributed by atoms with Gasteiger partial charge >= 0.3 is 12.0 Å². The normalized spacial score (nSPS) is 27.6. The smallest absolute Gasteiger partial charge is 0.317 e. The molecule has 0 aromatic rings. The van der Waals surface area contributed by atoms with Gasteiger partial charge < -0.3 is 24.8 Å². The Morgan fingerprint density at radius 3 is 2.65 bits per heavy atom. The quantitative estimate of drug-likeness (QED) is 0.768. The number of nitrogens with one attached hydrogen (secondary N) is 1. The van der Waals surface area contributed by atoms with Crippen LogP contribution in [0.3, 0.4) is 0 Å². The zero-order valence-corrected chi connectivity index (χ0v) is 11.7. The molecule has 0 bridgehead atoms. The lowest BCUT2D eigenvalue weighted by molar-refractivity contribution is -0.142. The monoisotopic (exact) mass is 286 g/mol. The molecule has 2 amide bonds. The summed E-state index contributed by atoms with van der Waals surface area (Å²) in [5, 5.41) is 11.8. The molecule has 2 N–H and O–H groups in total. The Balaban J connectivity index is 1.79. The van der Waals surface area contributed by atoms with Gasteiger partial charge in [-0.1, -0.05) is 0 Å². The van der Waals surface area contributed by atoms with Crippen LogP contribution in [-0.4, -0.2) is 68.1 Å². The molecule has 2 rings (SSSR count). The van der Waals surface area contributed by atoms with Gasteiger partial charge in [-0.2, -0.15) is 0 Å². The summed E-state index contributed by atoms with van der Waals surface area (Å²) in [6, 6.07) is -0.626. The number of carboxylic acids is 1. The second-order valence-electron chi connectivity index (χ2n) is 5.42. The molecule has 2 fully saturated rings. The number of piperidine rings is 1. The molecule has 2 unspecified atom stereocenters. The van der Waals surface area contributed by atoms with Crippen LogP contribution in [0, 0.1) is 11.8 Å². The minimum atomic E-state index is -0.924. The fourth-order valence-electron chi connectivity index (χ4n) is 2.73. The molecular formula is C13H22N2O5. The highest BCUT2D eigenvalue weighted by Crippen LogP contribution is 2.19. The van der Waals surface area contributed by atoms with Crippen LogP contribution in [0.5, 0.6) is 0 Å². The Morgan fingerprint density at radius 2 is 2.05 bits per heavy atom. The number of rotatable bonds is 4. The third-order valence-corrected chi connectivity index (χ3v) is 4.01. The van der Waals surface area contributed by atoms with Gasteiger partial charge in [0.1, 0.15) is 5.92 Å². The maximum absolute atomic E-state index is 12.1. The molecule has 2 heterocycles. The van der Waals surface area contributed by atoms with E-state index >= 15 is 0 Å². The van der Waals surface area contributed by atoms with E-state index in [4.69, 9.17) is 14.6 Å². The number of carboxylic acid groups (broad SMARTS) is 1. The van der Waals surface area contributed by atoms with Crippen molar-refractivity contribution < 1.29 is 24.2 Å². The van der Waals surface area contributed by atoms with Crippen molar-refractivity contribution in [1.29, 1.82) is 0 Å². The van der Waals surface area contributed by atoms with Crippen LogP contribution in [-0.2, 0) is 14.3 Å². The SMILES string of the molecule is COCC1CCN(C(=O)NC2COCC2C(=O)O)CC1. The van der Waals surface area contributed by atoms with Crippen LogP contribution in [0.4, 0.5) is 4.79 Å². The number of urea groups is 1. The van der Waals surface area contributed by atoms with Crippen molar-refractivity contribution in [2.24, 2.45) is 11.8 Å². The van der Waals surface area contributed by atoms with E-state index in [0.29, 0.717) is 19.0 Å². The molecular weight excluding hydrogens is 264 g/mol. The van der Waals surface area contributed by atoms with Gasteiger partial charge in [-0.15, -0.1) is 0 Å². The summed E-state index contributed by atoms with van der Waals surface area (Å²) < 4.78 is 10.3. The fourth-order valence-corrected chi connectivity index (χ4v) is 2.73. The predicted molar refractivity (Wildman–Crippen MR) is 70.4 cm³/mol. The largest absolute Gasteiger partial charge is 0.481 e. The Kier molecular flexibility index (Phi) is 5.19. The van der Waals surface area contributed by atoms with E-state index in [9.17, 15) is 9.59 Å². The molecule has 0 aliphatic carbocycles. The summed E-state index contributed by atoms with van der Waals surface area (Å²) in [5.74, 6) is -1.07. The van der Waals surface area contributed by atoms with Crippen LogP contribution in [0.2, 0.25) is 0 Å². The van der Waals surface area contributed by atoms with E-state index in [-0.39, 0.29) is 19.2 Å². The number of hydrogen-bond donors (Lipinski definition) is 2. The molecule has 20 heavy (non-hydrogen) atoms. The summed E-state index contributed by atoms with van der Waals surface area (Å²) in [4.78, 5) is 24.9. The van der Waals surface area contributed by atoms with Gasteiger partial charge in [-0.3, -0.25) is 4.79 Å². The summed E-state index contributed by atoms with van der Waals surface area (Å²) in [6.45, 7) is 2.53. The molecule has 114 valence electrons. The number of amides is 2. The molecule has 0 aromatic heterocycles. The number of ether oxygens (including phenoxy) is 2. The number of nitrogens with zero attached hydrogens (tertiary/aromatic N) is 1. The minimum absolute atomic E-state index is 0.163. The number of carbonyl (C=O) groups is 2. The molecule has 0 aromatic carbocycles. The van der Waals surface area contributed by atoms with E-state index in [1.54, 1.807) is 12.0 Å². The molecule has 2 saturated heterocycles. The lowest BCUT2D eigenvalue weighted by Gasteiger charge is -2.32. The van der Waals surface area contributed by atoms with Crippen molar-refractivity contribution in [2.75, 3.05) is 40.0 Å². The van der Waals surface area contributed by atoms with Gasteiger partial charge in [0.05, 0.1) is 19.3 Å². The number of likely N-dealkylation sites (tertiary alicyclic amines) is 1. The highest BCUT2D eigenvalue weighted by molar-refractivity contribution is 5.77. The third-order valence-electron chi connectivity index (χ3n) is 4.01. The first-order valence-electron chi connectivity index (χ1n) is 6.96. The maximum Gasteiger partial charge on any atom is 0.317 e. The van der Waals surface area contributed by atoms with Crippen molar-refractivity contribution in [1.82, 2.24) is 10.2 Å². The Bertz CT molecular complexity index is 355. The van der Waals surface area contributed by atoms with E-state index < -0.39 is 17.9 Å². The number of aliphatic carboxylic acids is 1. The lowest BCUT2D eigenvalue weighted by Crippen LogP contribution is -2.51. The van der Waals surface area contributed by atoms with Gasteiger partial charge in [0, 0.05) is 26.8 Å². The standard InChI is InChI=1S/C13H22N2O5/c1-19-6-9-2-4-15(5-3-9)13(18)14-11-8-20-7-10(11)12(16)17/h9-11H,2-8H2,1H3,(H,14,18)(H,16,17). The van der Waals surface area contributed by atoms with Gasteiger partial charge in [0.2, 0.25) is 0 Å². The summed E-state index contributed by atoms with van der Waals surface area (Å²) in [5.41, 5.74) is 0. The van der Waals surface area contributed by atoms with Crippen LogP contribution in [0.1, 0.15) is 12.8 Å². The number of methoxy groups -OCH3 is 1. The van der Waals surface area contributed by atoms with Crippen molar-refractivity contribution >= 4 is 12.0 Å². The van der Waals surface area contributed by atoms with Crippen LogP contribution < -0.4 is 5.32 Å². The molecule has 7 heteroatoms. The zero-order chi connectivity index (χ0) is 14.5. The van der Waals surface area contributed by atoms with E-state index in [1.807, 2.05) is 0 Å². The summed E-state index contributed by atoms with van der Waals surface area (Å²) >= 11 is 0. The first-order valence-corrected chi connectivity index (χ1v) is 6.96. The summed E-state index contributed by atoms with van der Waals surface area (Å²) in [6.07, 6.45) is 1.84. The molecule has 0 radical (unpaired) electrons. The Hall–Kier alpha value is -1.34. The van der Waals surface area contributed by atoms with Crippen LogP contribution in [0.25, 0.3) is 0 Å². The average molecular weight is 286 g/mol. The Labute approximate surface area is 118 Å². The number of hydrogen-bond acceptors (Lipinski definition) is 4. The zero-order valence-electron chi connectivity index (χ0n) is 11.7. The highest BCUT2D eigenvalue weighted by Gasteiger charge is 2.36. The first kappa shape index (κ1) is 15.1. The van der Waals surface area contributed by atoms with Gasteiger partial charge in [-0.25, -0.2) is 4.79 Å². The van der Waals surface area contributed by atoms with E-state index in [1.165, 1.54) is 0 Å². The van der Waals surface area contributed by atoms with Gasteiger partial charge in [0.15, 0.2) is 0 Å². The van der Waals surface area contributed by atoms with E-state index in [2.05, 4.69) is 5.32 Å². The van der Waals surface area contributed by atoms with Crippen molar-refractivity contribution in [3.8, 4) is 0 Å². The van der Waals surface area contributed by atoms with Gasteiger partial charge in [-0.05, 0) is 18.8 Å². The average Bonchev–Trinajstić information content (AvgIpc) is 2.88. The van der Waals surface area contributed by atoms with Crippen LogP contribution >= 0.6 is 0 Å². The second-order valence-corrected chi connectivity index (χ2v) is 5.42. The molecule has 7 nitrogen and oxygen atoms in total. The molecule has 2 aliphatic rings.